The van der Waals surface area contributed by atoms with Crippen LogP contribution in [0.15, 0.2) is 0 Å². The molecule has 0 rings (SSSR count). The van der Waals surface area contributed by atoms with E-state index in [1.807, 2.05) is 0 Å². The molecule has 0 bridgehead atoms. The van der Waals surface area contributed by atoms with Crippen molar-refractivity contribution in [2.45, 2.75) is 32.0 Å². The third kappa shape index (κ3) is 2.94. The lowest BCUT2D eigenvalue weighted by molar-refractivity contribution is -0.574. The first-order valence-corrected chi connectivity index (χ1v) is 3.71. The van der Waals surface area contributed by atoms with Crippen molar-refractivity contribution in [3.05, 3.63) is 20.2 Å². The van der Waals surface area contributed by atoms with Gasteiger partial charge in [0.15, 0.2) is 6.10 Å². The molecule has 0 saturated heterocycles. The molecule has 0 heterocycles. The van der Waals surface area contributed by atoms with E-state index < -0.39 is 28.0 Å². The second-order valence-electron chi connectivity index (χ2n) is 2.75. The van der Waals surface area contributed by atoms with Gasteiger partial charge in [-0.15, -0.1) is 0 Å². The first kappa shape index (κ1) is 11.8. The van der Waals surface area contributed by atoms with Crippen LogP contribution in [0.2, 0.25) is 0 Å². The smallest absolute Gasteiger partial charge is 0.242 e. The van der Waals surface area contributed by atoms with Crippen LogP contribution in [0.5, 0.6) is 0 Å². The normalized spacial score (nSPS) is 15.4. The molecule has 0 aromatic carbocycles. The molecule has 0 aliphatic heterocycles. The maximum Gasteiger partial charge on any atom is 0.242 e. The van der Waals surface area contributed by atoms with Crippen LogP contribution in [0.3, 0.4) is 0 Å². The minimum absolute atomic E-state index is 0.589. The number of ether oxygens (including phenoxy) is 1. The van der Waals surface area contributed by atoms with Crippen LogP contribution < -0.4 is 0 Å². The summed E-state index contributed by atoms with van der Waals surface area (Å²) in [6, 6.07) is -2.16. The van der Waals surface area contributed by atoms with Crippen LogP contribution in [0, 0.1) is 20.2 Å². The molecular formula is C6H12N2O5. The maximum atomic E-state index is 10.3. The van der Waals surface area contributed by atoms with Gasteiger partial charge in [0, 0.05) is 30.8 Å². The van der Waals surface area contributed by atoms with Crippen LogP contribution in [-0.2, 0) is 4.74 Å². The number of hydrogen-bond acceptors (Lipinski definition) is 5. The third-order valence-electron chi connectivity index (χ3n) is 1.89. The van der Waals surface area contributed by atoms with Crippen molar-refractivity contribution in [3.8, 4) is 0 Å². The molecule has 0 saturated carbocycles. The Labute approximate surface area is 75.0 Å². The highest BCUT2D eigenvalue weighted by Crippen LogP contribution is 2.09. The fourth-order valence-corrected chi connectivity index (χ4v) is 1.04. The van der Waals surface area contributed by atoms with Gasteiger partial charge in [0.05, 0.1) is 0 Å². The van der Waals surface area contributed by atoms with Gasteiger partial charge in [-0.05, 0) is 0 Å². The fraction of sp³-hybridized carbons (Fsp3) is 1.00. The van der Waals surface area contributed by atoms with Gasteiger partial charge < -0.3 is 4.74 Å². The van der Waals surface area contributed by atoms with Gasteiger partial charge in [-0.3, -0.25) is 20.2 Å². The minimum atomic E-state index is -1.08. The maximum absolute atomic E-state index is 10.3. The molecule has 2 atom stereocenters. The molecule has 0 radical (unpaired) electrons. The number of hydrogen-bond donors (Lipinski definition) is 0. The van der Waals surface area contributed by atoms with E-state index >= 15 is 0 Å². The lowest BCUT2D eigenvalue weighted by Crippen LogP contribution is -2.43. The van der Waals surface area contributed by atoms with E-state index in [0.29, 0.717) is 0 Å². The summed E-state index contributed by atoms with van der Waals surface area (Å²) in [7, 11) is 1.23. The standard InChI is InChI=1S/C6H12N2O5/c1-4(7(9)10)6(13-3)5(2)8(11)12/h4-6H,1-3H3/t4-,5-/m1/s1. The summed E-state index contributed by atoms with van der Waals surface area (Å²) >= 11 is 0. The molecule has 0 fully saturated rings. The Kier molecular flexibility index (Phi) is 4.26. The van der Waals surface area contributed by atoms with Crippen molar-refractivity contribution < 1.29 is 14.6 Å². The van der Waals surface area contributed by atoms with E-state index in [9.17, 15) is 20.2 Å². The van der Waals surface area contributed by atoms with Gasteiger partial charge in [-0.1, -0.05) is 0 Å². The second kappa shape index (κ2) is 4.70. The van der Waals surface area contributed by atoms with Crippen molar-refractivity contribution in [2.24, 2.45) is 0 Å². The van der Waals surface area contributed by atoms with Crippen molar-refractivity contribution in [3.63, 3.8) is 0 Å². The van der Waals surface area contributed by atoms with Crippen molar-refractivity contribution in [1.29, 1.82) is 0 Å². The van der Waals surface area contributed by atoms with Gasteiger partial charge in [-0.25, -0.2) is 0 Å². The molecule has 0 unspecified atom stereocenters. The Balaban J connectivity index is 4.49. The Morgan fingerprint density at radius 2 is 1.38 bits per heavy atom. The topological polar surface area (TPSA) is 95.5 Å². The lowest BCUT2D eigenvalue weighted by Gasteiger charge is -2.17. The first-order chi connectivity index (χ1) is 5.91. The van der Waals surface area contributed by atoms with Gasteiger partial charge >= 0.3 is 0 Å². The molecule has 13 heavy (non-hydrogen) atoms. The van der Waals surface area contributed by atoms with E-state index in [1.54, 1.807) is 0 Å². The summed E-state index contributed by atoms with van der Waals surface area (Å²) in [6.07, 6.45) is -0.995. The third-order valence-corrected chi connectivity index (χ3v) is 1.89. The summed E-state index contributed by atoms with van der Waals surface area (Å²) in [6.45, 7) is 2.57. The van der Waals surface area contributed by atoms with Crippen LogP contribution in [0.1, 0.15) is 13.8 Å². The quantitative estimate of drug-likeness (QED) is 0.462. The monoisotopic (exact) mass is 192 g/mol. The number of methoxy groups -OCH3 is 1. The Morgan fingerprint density at radius 3 is 1.54 bits per heavy atom. The van der Waals surface area contributed by atoms with E-state index in [-0.39, 0.29) is 0 Å². The summed E-state index contributed by atoms with van der Waals surface area (Å²) < 4.78 is 4.71. The zero-order valence-corrected chi connectivity index (χ0v) is 7.67. The van der Waals surface area contributed by atoms with Gasteiger partial charge in [0.2, 0.25) is 12.1 Å². The molecular weight excluding hydrogens is 180 g/mol. The van der Waals surface area contributed by atoms with Crippen LogP contribution in [-0.4, -0.2) is 35.1 Å². The lowest BCUT2D eigenvalue weighted by atomic mass is 10.1. The zero-order valence-electron chi connectivity index (χ0n) is 7.67. The average Bonchev–Trinajstić information content (AvgIpc) is 2.04. The summed E-state index contributed by atoms with van der Waals surface area (Å²) in [5.41, 5.74) is 0. The second-order valence-corrected chi connectivity index (χ2v) is 2.75. The SMILES string of the molecule is COC([C@@H](C)[N+](=O)[O-])[C@@H](C)[N+](=O)[O-]. The van der Waals surface area contributed by atoms with E-state index in [0.717, 1.165) is 0 Å². The van der Waals surface area contributed by atoms with Crippen LogP contribution >= 0.6 is 0 Å². The van der Waals surface area contributed by atoms with E-state index in [2.05, 4.69) is 0 Å². The summed E-state index contributed by atoms with van der Waals surface area (Å²) in [5, 5.41) is 20.7. The largest absolute Gasteiger partial charge is 0.368 e. The molecule has 7 nitrogen and oxygen atoms in total. The highest BCUT2D eigenvalue weighted by Gasteiger charge is 2.38. The highest BCUT2D eigenvalue weighted by molar-refractivity contribution is 4.71. The van der Waals surface area contributed by atoms with Crippen molar-refractivity contribution in [1.82, 2.24) is 0 Å². The van der Waals surface area contributed by atoms with Crippen LogP contribution in [0.4, 0.5) is 0 Å². The molecule has 76 valence electrons. The van der Waals surface area contributed by atoms with Crippen molar-refractivity contribution >= 4 is 0 Å². The first-order valence-electron chi connectivity index (χ1n) is 3.71. The van der Waals surface area contributed by atoms with Crippen LogP contribution in [0.25, 0.3) is 0 Å². The predicted octanol–water partition coefficient (Wildman–Crippen LogP) is 0.332. The predicted molar refractivity (Wildman–Crippen MR) is 43.7 cm³/mol. The summed E-state index contributed by atoms with van der Waals surface area (Å²) in [4.78, 5) is 19.5. The molecule has 0 aromatic rings. The Hall–Kier alpha value is -1.24. The summed E-state index contributed by atoms with van der Waals surface area (Å²) in [5.74, 6) is 0. The molecule has 0 amide bonds. The zero-order chi connectivity index (χ0) is 10.6. The minimum Gasteiger partial charge on any atom is -0.368 e. The van der Waals surface area contributed by atoms with Gasteiger partial charge in [0.1, 0.15) is 0 Å². The number of rotatable bonds is 5. The highest BCUT2D eigenvalue weighted by atomic mass is 16.6. The Bertz CT molecular complexity index is 187. The molecule has 0 N–H and O–H groups in total. The molecule has 7 heteroatoms. The average molecular weight is 192 g/mol. The van der Waals surface area contributed by atoms with Gasteiger partial charge in [-0.2, -0.15) is 0 Å². The van der Waals surface area contributed by atoms with E-state index in [1.165, 1.54) is 21.0 Å². The molecule has 0 aliphatic rings. The van der Waals surface area contributed by atoms with E-state index in [4.69, 9.17) is 4.74 Å². The Morgan fingerprint density at radius 1 is 1.08 bits per heavy atom. The molecule has 0 spiro atoms. The number of nitrogens with zero attached hydrogens (tertiary/aromatic N) is 2. The fourth-order valence-electron chi connectivity index (χ4n) is 1.04. The van der Waals surface area contributed by atoms with Gasteiger partial charge in [0.25, 0.3) is 0 Å². The molecule has 0 aliphatic carbocycles. The van der Waals surface area contributed by atoms with Crippen molar-refractivity contribution in [2.75, 3.05) is 7.11 Å². The molecule has 0 aromatic heterocycles. The number of nitro groups is 2.